The third kappa shape index (κ3) is 2.29. The Bertz CT molecular complexity index is 1070. The molecule has 3 aromatic heterocycles. The van der Waals surface area contributed by atoms with Gasteiger partial charge >= 0.3 is 5.69 Å². The van der Waals surface area contributed by atoms with Crippen LogP contribution in [0.5, 0.6) is 0 Å². The molecule has 1 saturated heterocycles. The lowest BCUT2D eigenvalue weighted by Gasteiger charge is -2.31. The summed E-state index contributed by atoms with van der Waals surface area (Å²) in [6, 6.07) is 2.63. The second kappa shape index (κ2) is 5.71. The largest absolute Gasteiger partial charge is 0.354 e. The quantitative estimate of drug-likeness (QED) is 0.704. The smallest absolute Gasteiger partial charge is 0.345 e. The van der Waals surface area contributed by atoms with Crippen LogP contribution in [0.1, 0.15) is 49.2 Å². The van der Waals surface area contributed by atoms with Crippen LogP contribution in [-0.4, -0.2) is 36.8 Å². The maximum Gasteiger partial charge on any atom is 0.345 e. The number of fused-ring (bicyclic) bond motifs is 1. The van der Waals surface area contributed by atoms with E-state index < -0.39 is 0 Å². The molecule has 0 spiro atoms. The summed E-state index contributed by atoms with van der Waals surface area (Å²) in [6.45, 7) is 1.64. The molecule has 0 unspecified atom stereocenters. The Hall–Kier alpha value is -2.60. The van der Waals surface area contributed by atoms with Gasteiger partial charge in [0.05, 0.1) is 0 Å². The average Bonchev–Trinajstić information content (AvgIpc) is 3.16. The normalized spacial score (nSPS) is 18.5. The van der Waals surface area contributed by atoms with Crippen molar-refractivity contribution in [2.24, 2.45) is 7.05 Å². The highest BCUT2D eigenvalue weighted by atomic mass is 32.1. The first-order valence-electron chi connectivity index (χ1n) is 8.93. The van der Waals surface area contributed by atoms with Crippen molar-refractivity contribution in [1.82, 2.24) is 23.7 Å². The third-order valence-electron chi connectivity index (χ3n) is 5.40. The summed E-state index contributed by atoms with van der Waals surface area (Å²) in [4.78, 5) is 20.1. The van der Waals surface area contributed by atoms with Crippen molar-refractivity contribution < 1.29 is 0 Å². The molecule has 0 bridgehead atoms. The van der Waals surface area contributed by atoms with Crippen molar-refractivity contribution >= 4 is 22.1 Å². The van der Waals surface area contributed by atoms with Crippen LogP contribution in [0.3, 0.4) is 0 Å². The van der Waals surface area contributed by atoms with E-state index in [1.807, 2.05) is 20.5 Å². The second-order valence-corrected chi connectivity index (χ2v) is 7.95. The number of hydrogen-bond donors (Lipinski definition) is 0. The maximum atomic E-state index is 12.4. The highest BCUT2D eigenvalue weighted by Gasteiger charge is 2.34. The number of aryl methyl sites for hydroxylation is 1. The minimum atomic E-state index is 0.00559. The molecule has 0 N–H and O–H groups in total. The summed E-state index contributed by atoms with van der Waals surface area (Å²) < 4.78 is 5.24. The lowest BCUT2D eigenvalue weighted by molar-refractivity contribution is 0.461. The van der Waals surface area contributed by atoms with Crippen LogP contribution >= 0.6 is 11.3 Å². The Morgan fingerprint density at radius 1 is 1.27 bits per heavy atom. The van der Waals surface area contributed by atoms with Gasteiger partial charge in [-0.3, -0.25) is 8.97 Å². The predicted octanol–water partition coefficient (Wildman–Crippen LogP) is 1.88. The van der Waals surface area contributed by atoms with Gasteiger partial charge in [0.25, 0.3) is 0 Å². The topological polar surface area (TPSA) is 84.2 Å². The molecule has 5 rings (SSSR count). The summed E-state index contributed by atoms with van der Waals surface area (Å²) >= 11 is 1.54. The van der Waals surface area contributed by atoms with E-state index >= 15 is 0 Å². The molecule has 1 saturated carbocycles. The van der Waals surface area contributed by atoms with Crippen molar-refractivity contribution in [3.05, 3.63) is 33.6 Å². The van der Waals surface area contributed by atoms with Gasteiger partial charge in [-0.25, -0.2) is 9.48 Å². The molecule has 4 heterocycles. The molecule has 0 radical (unpaired) electrons. The van der Waals surface area contributed by atoms with E-state index in [1.54, 1.807) is 7.05 Å². The van der Waals surface area contributed by atoms with Gasteiger partial charge in [0.15, 0.2) is 16.5 Å². The lowest BCUT2D eigenvalue weighted by Crippen LogP contribution is -2.35. The van der Waals surface area contributed by atoms with Crippen LogP contribution in [0.25, 0.3) is 4.96 Å². The van der Waals surface area contributed by atoms with E-state index in [0.717, 1.165) is 55.4 Å². The van der Waals surface area contributed by atoms with Crippen molar-refractivity contribution in [2.75, 3.05) is 18.0 Å². The van der Waals surface area contributed by atoms with Gasteiger partial charge in [-0.15, -0.1) is 11.3 Å². The van der Waals surface area contributed by atoms with Gasteiger partial charge in [0.1, 0.15) is 11.9 Å². The number of hydrogen-bond acceptors (Lipinski definition) is 6. The summed E-state index contributed by atoms with van der Waals surface area (Å²) in [6.07, 6.45) is 5.88. The second-order valence-electron chi connectivity index (χ2n) is 7.08. The number of nitriles is 1. The average molecular weight is 369 g/mol. The van der Waals surface area contributed by atoms with E-state index in [1.165, 1.54) is 16.0 Å². The Morgan fingerprint density at radius 3 is 2.73 bits per heavy atom. The van der Waals surface area contributed by atoms with Crippen LogP contribution in [0.15, 0.2) is 16.4 Å². The molecular weight excluding hydrogens is 350 g/mol. The molecule has 1 aliphatic carbocycles. The van der Waals surface area contributed by atoms with Gasteiger partial charge in [0.2, 0.25) is 0 Å². The van der Waals surface area contributed by atoms with Gasteiger partial charge in [-0.2, -0.15) is 15.3 Å². The van der Waals surface area contributed by atoms with Gasteiger partial charge in [-0.05, 0) is 25.7 Å². The zero-order valence-electron chi connectivity index (χ0n) is 14.5. The number of piperidine rings is 1. The van der Waals surface area contributed by atoms with Crippen molar-refractivity contribution in [2.45, 2.75) is 37.6 Å². The molecule has 1 aliphatic heterocycles. The Morgan fingerprint density at radius 2 is 2.04 bits per heavy atom. The fraction of sp³-hybridized carbons (Fsp3) is 0.529. The summed E-state index contributed by atoms with van der Waals surface area (Å²) in [5, 5.41) is 16.0. The fourth-order valence-electron chi connectivity index (χ4n) is 3.90. The molecule has 134 valence electrons. The number of anilines is 1. The fourth-order valence-corrected chi connectivity index (χ4v) is 4.61. The van der Waals surface area contributed by atoms with E-state index in [0.29, 0.717) is 11.7 Å². The third-order valence-corrected chi connectivity index (χ3v) is 6.16. The van der Waals surface area contributed by atoms with Crippen molar-refractivity contribution in [3.8, 4) is 6.07 Å². The molecule has 2 fully saturated rings. The Labute approximate surface area is 153 Å². The molecule has 3 aromatic rings. The van der Waals surface area contributed by atoms with E-state index in [2.05, 4.69) is 21.1 Å². The minimum Gasteiger partial charge on any atom is -0.354 e. The lowest BCUT2D eigenvalue weighted by atomic mass is 9.95. The zero-order chi connectivity index (χ0) is 17.8. The van der Waals surface area contributed by atoms with Crippen molar-refractivity contribution in [1.29, 1.82) is 5.26 Å². The van der Waals surface area contributed by atoms with E-state index in [9.17, 15) is 10.1 Å². The van der Waals surface area contributed by atoms with Crippen LogP contribution in [0.4, 0.5) is 5.82 Å². The van der Waals surface area contributed by atoms with Gasteiger partial charge in [-0.1, -0.05) is 0 Å². The summed E-state index contributed by atoms with van der Waals surface area (Å²) in [5.41, 5.74) is 0.610. The van der Waals surface area contributed by atoms with Crippen LogP contribution in [0, 0.1) is 11.3 Å². The predicted molar refractivity (Wildman–Crippen MR) is 97.7 cm³/mol. The van der Waals surface area contributed by atoms with Crippen LogP contribution in [0.2, 0.25) is 0 Å². The van der Waals surface area contributed by atoms with E-state index in [4.69, 9.17) is 0 Å². The van der Waals surface area contributed by atoms with E-state index in [-0.39, 0.29) is 11.6 Å². The molecule has 0 amide bonds. The summed E-state index contributed by atoms with van der Waals surface area (Å²) in [5.74, 6) is 2.00. The van der Waals surface area contributed by atoms with Crippen LogP contribution < -0.4 is 10.6 Å². The molecular formula is C17H19N7OS. The number of nitrogens with zero attached hydrogens (tertiary/aromatic N) is 7. The first kappa shape index (κ1) is 15.6. The Balaban J connectivity index is 1.40. The molecule has 26 heavy (non-hydrogen) atoms. The highest BCUT2D eigenvalue weighted by molar-refractivity contribution is 7.15. The molecule has 2 aliphatic rings. The molecule has 8 nitrogen and oxygen atoms in total. The number of thiazole rings is 1. The van der Waals surface area contributed by atoms with Crippen LogP contribution in [-0.2, 0) is 7.05 Å². The standard InChI is InChI=1S/C17H19N7OS/c1-21-17(25)24(12-2-3-12)14(20-21)11-4-6-22(7-5-11)15-13(10-18)23-8-9-26-16(23)19-15/h8-9,11-12H,2-7H2,1H3. The first-order chi connectivity index (χ1) is 12.7. The number of rotatable bonds is 3. The SMILES string of the molecule is Cn1nc(C2CCN(c3nc4sccn4c3C#N)CC2)n(C2CC2)c1=O. The minimum absolute atomic E-state index is 0.00559. The van der Waals surface area contributed by atoms with Gasteiger partial charge < -0.3 is 4.90 Å². The first-order valence-corrected chi connectivity index (χ1v) is 9.81. The molecule has 9 heteroatoms. The van der Waals surface area contributed by atoms with Gasteiger partial charge in [0, 0.05) is 43.7 Å². The van der Waals surface area contributed by atoms with Crippen molar-refractivity contribution in [3.63, 3.8) is 0 Å². The summed E-state index contributed by atoms with van der Waals surface area (Å²) in [7, 11) is 1.73. The highest BCUT2D eigenvalue weighted by Crippen LogP contribution is 2.38. The monoisotopic (exact) mass is 369 g/mol. The Kier molecular flexibility index (Phi) is 3.43. The molecule has 0 atom stereocenters. The number of imidazole rings is 1. The number of aromatic nitrogens is 5. The molecule has 0 aromatic carbocycles. The zero-order valence-corrected chi connectivity index (χ0v) is 15.3. The maximum absolute atomic E-state index is 12.4.